The van der Waals surface area contributed by atoms with Crippen molar-refractivity contribution in [1.29, 1.82) is 0 Å². The summed E-state index contributed by atoms with van der Waals surface area (Å²) in [5, 5.41) is 17.8. The molecule has 7 nitrogen and oxygen atoms in total. The van der Waals surface area contributed by atoms with E-state index in [1.807, 2.05) is 60.1 Å². The average Bonchev–Trinajstić information content (AvgIpc) is 3.23. The van der Waals surface area contributed by atoms with Crippen LogP contribution < -0.4 is 10.6 Å². The predicted molar refractivity (Wildman–Crippen MR) is 137 cm³/mol. The first-order valence-corrected chi connectivity index (χ1v) is 11.8. The van der Waals surface area contributed by atoms with Gasteiger partial charge in [-0.3, -0.25) is 4.40 Å². The highest BCUT2D eigenvalue weighted by Crippen LogP contribution is 2.27. The third kappa shape index (κ3) is 5.38. The van der Waals surface area contributed by atoms with Gasteiger partial charge in [-0.05, 0) is 63.4 Å². The van der Waals surface area contributed by atoms with Gasteiger partial charge in [-0.2, -0.15) is 0 Å². The van der Waals surface area contributed by atoms with Crippen molar-refractivity contribution in [2.75, 3.05) is 11.9 Å². The lowest BCUT2D eigenvalue weighted by Crippen LogP contribution is -2.38. The van der Waals surface area contributed by atoms with Gasteiger partial charge < -0.3 is 15.7 Å². The number of rotatable bonds is 7. The molecular formula is C26H31ClN6O. The van der Waals surface area contributed by atoms with Crippen molar-refractivity contribution in [2.24, 2.45) is 0 Å². The van der Waals surface area contributed by atoms with Crippen LogP contribution in [0.5, 0.6) is 0 Å². The lowest BCUT2D eigenvalue weighted by molar-refractivity contribution is 0.163. The Hall–Kier alpha value is -3.00. The number of nitrogens with zero attached hydrogens (tertiary/aromatic N) is 4. The molecule has 3 heterocycles. The zero-order valence-corrected chi connectivity index (χ0v) is 20.9. The zero-order valence-electron chi connectivity index (χ0n) is 20.2. The Kier molecular flexibility index (Phi) is 6.89. The van der Waals surface area contributed by atoms with Crippen LogP contribution in [0.3, 0.4) is 0 Å². The molecule has 0 bridgehead atoms. The zero-order chi connectivity index (χ0) is 24.5. The maximum absolute atomic E-state index is 10.5. The minimum absolute atomic E-state index is 0.0221. The molecule has 0 amide bonds. The number of aliphatic hydroxyl groups is 1. The van der Waals surface area contributed by atoms with Crippen LogP contribution in [0.15, 0.2) is 55.0 Å². The number of aryl methyl sites for hydroxylation is 1. The maximum atomic E-state index is 10.5. The van der Waals surface area contributed by atoms with E-state index in [0.717, 1.165) is 28.1 Å². The van der Waals surface area contributed by atoms with Gasteiger partial charge in [0, 0.05) is 24.5 Å². The van der Waals surface area contributed by atoms with Gasteiger partial charge in [0.05, 0.1) is 34.8 Å². The van der Waals surface area contributed by atoms with E-state index in [2.05, 4.69) is 48.3 Å². The van der Waals surface area contributed by atoms with Crippen molar-refractivity contribution in [3.8, 4) is 11.4 Å². The second-order valence-electron chi connectivity index (χ2n) is 9.60. The predicted octanol–water partition coefficient (Wildman–Crippen LogP) is 5.35. The molecule has 3 N–H and O–H groups in total. The Morgan fingerprint density at radius 2 is 1.76 bits per heavy atom. The van der Waals surface area contributed by atoms with Crippen molar-refractivity contribution >= 4 is 23.2 Å². The van der Waals surface area contributed by atoms with Crippen molar-refractivity contribution in [1.82, 2.24) is 24.7 Å². The van der Waals surface area contributed by atoms with Crippen molar-refractivity contribution in [3.05, 3.63) is 76.7 Å². The van der Waals surface area contributed by atoms with E-state index in [1.165, 1.54) is 0 Å². The fraction of sp³-hybridized carbons (Fsp3) is 0.346. The molecular weight excluding hydrogens is 448 g/mol. The third-order valence-corrected chi connectivity index (χ3v) is 5.99. The lowest BCUT2D eigenvalue weighted by atomic mass is 10.0. The normalized spacial score (nSPS) is 13.7. The van der Waals surface area contributed by atoms with Gasteiger partial charge in [0.1, 0.15) is 0 Å². The highest BCUT2D eigenvalue weighted by molar-refractivity contribution is 6.33. The Morgan fingerprint density at radius 1 is 1.06 bits per heavy atom. The highest BCUT2D eigenvalue weighted by Gasteiger charge is 2.16. The largest absolute Gasteiger partial charge is 0.387 e. The molecule has 2 atom stereocenters. The number of hydrogen-bond donors (Lipinski definition) is 3. The number of nitrogens with one attached hydrogen (secondary N) is 2. The van der Waals surface area contributed by atoms with E-state index in [4.69, 9.17) is 16.6 Å². The second-order valence-corrected chi connectivity index (χ2v) is 10.0. The summed E-state index contributed by atoms with van der Waals surface area (Å²) in [6.07, 6.45) is 4.96. The molecule has 0 fully saturated rings. The summed E-state index contributed by atoms with van der Waals surface area (Å²) in [5.74, 6) is 0.531. The Labute approximate surface area is 205 Å². The van der Waals surface area contributed by atoms with Gasteiger partial charge in [-0.15, -0.1) is 0 Å². The molecule has 0 aliphatic carbocycles. The number of hydrogen-bond acceptors (Lipinski definition) is 6. The summed E-state index contributed by atoms with van der Waals surface area (Å²) >= 11 is 6.29. The molecule has 0 saturated heterocycles. The first kappa shape index (κ1) is 24.1. The standard InChI is InChI=1S/C26H31ClN6O/c1-16-13-29-25(32-23(16)21-14-28-24-20(27)7-6-12-33(21)24)31-17(2)18-8-10-19(11-9-18)22(34)15-30-26(3,4)5/h6-14,17,22,30,34H,15H2,1-5H3,(H,29,31,32)/t17-,22+/m0/s1. The van der Waals surface area contributed by atoms with E-state index >= 15 is 0 Å². The SMILES string of the molecule is Cc1cnc(N[C@@H](C)c2ccc([C@H](O)CNC(C)(C)C)cc2)nc1-c1cnc2c(Cl)cccn12. The number of aromatic nitrogens is 4. The molecule has 0 aliphatic heterocycles. The van der Waals surface area contributed by atoms with Gasteiger partial charge in [0.15, 0.2) is 5.65 Å². The lowest BCUT2D eigenvalue weighted by Gasteiger charge is -2.23. The number of halogens is 1. The van der Waals surface area contributed by atoms with Crippen LogP contribution in [0.25, 0.3) is 17.0 Å². The van der Waals surface area contributed by atoms with Gasteiger partial charge in [0.2, 0.25) is 5.95 Å². The van der Waals surface area contributed by atoms with Gasteiger partial charge in [0.25, 0.3) is 0 Å². The molecule has 1 aromatic carbocycles. The summed E-state index contributed by atoms with van der Waals surface area (Å²) in [4.78, 5) is 13.7. The Bertz CT molecular complexity index is 1280. The first-order valence-electron chi connectivity index (χ1n) is 11.4. The molecule has 0 unspecified atom stereocenters. The monoisotopic (exact) mass is 478 g/mol. The van der Waals surface area contributed by atoms with Gasteiger partial charge in [-0.25, -0.2) is 15.0 Å². The minimum atomic E-state index is -0.557. The molecule has 4 aromatic rings. The molecule has 0 aliphatic rings. The van der Waals surface area contributed by atoms with E-state index in [0.29, 0.717) is 23.2 Å². The minimum Gasteiger partial charge on any atom is -0.387 e. The molecule has 0 saturated carbocycles. The van der Waals surface area contributed by atoms with Gasteiger partial charge >= 0.3 is 0 Å². The van der Waals surface area contributed by atoms with Crippen LogP contribution in [0.4, 0.5) is 5.95 Å². The average molecular weight is 479 g/mol. The number of anilines is 1. The van der Waals surface area contributed by atoms with Crippen molar-refractivity contribution in [3.63, 3.8) is 0 Å². The van der Waals surface area contributed by atoms with Crippen LogP contribution in [0, 0.1) is 6.92 Å². The van der Waals surface area contributed by atoms with Crippen molar-refractivity contribution in [2.45, 2.75) is 52.3 Å². The number of fused-ring (bicyclic) bond motifs is 1. The van der Waals surface area contributed by atoms with E-state index in [-0.39, 0.29) is 11.6 Å². The summed E-state index contributed by atoms with van der Waals surface area (Å²) in [6.45, 7) is 10.8. The molecule has 0 radical (unpaired) electrons. The fourth-order valence-electron chi connectivity index (χ4n) is 3.73. The number of β-amino-alcohol motifs (C(OH)–C–C–N with tert-alkyl or cyclic N) is 1. The molecule has 34 heavy (non-hydrogen) atoms. The summed E-state index contributed by atoms with van der Waals surface area (Å²) < 4.78 is 1.93. The molecule has 3 aromatic heterocycles. The topological polar surface area (TPSA) is 87.4 Å². The number of benzene rings is 1. The van der Waals surface area contributed by atoms with Gasteiger partial charge in [-0.1, -0.05) is 35.9 Å². The van der Waals surface area contributed by atoms with E-state index in [1.54, 1.807) is 6.20 Å². The van der Waals surface area contributed by atoms with Crippen LogP contribution in [0.2, 0.25) is 5.02 Å². The summed E-state index contributed by atoms with van der Waals surface area (Å²) in [5.41, 5.74) is 5.21. The Balaban J connectivity index is 1.50. The number of aliphatic hydroxyl groups excluding tert-OH is 1. The highest BCUT2D eigenvalue weighted by atomic mass is 35.5. The number of imidazole rings is 1. The molecule has 4 rings (SSSR count). The third-order valence-electron chi connectivity index (χ3n) is 5.70. The molecule has 8 heteroatoms. The molecule has 0 spiro atoms. The van der Waals surface area contributed by atoms with Crippen LogP contribution in [0.1, 0.15) is 56.5 Å². The van der Waals surface area contributed by atoms with Crippen LogP contribution >= 0.6 is 11.6 Å². The fourth-order valence-corrected chi connectivity index (χ4v) is 3.94. The first-order chi connectivity index (χ1) is 16.1. The van der Waals surface area contributed by atoms with Crippen LogP contribution in [-0.2, 0) is 0 Å². The van der Waals surface area contributed by atoms with E-state index in [9.17, 15) is 5.11 Å². The summed E-state index contributed by atoms with van der Waals surface area (Å²) in [6, 6.07) is 11.7. The van der Waals surface area contributed by atoms with Crippen LogP contribution in [-0.4, -0.2) is 36.5 Å². The number of pyridine rings is 1. The quantitative estimate of drug-likeness (QED) is 0.332. The second kappa shape index (κ2) is 9.70. The van der Waals surface area contributed by atoms with Crippen molar-refractivity contribution < 1.29 is 5.11 Å². The van der Waals surface area contributed by atoms with E-state index < -0.39 is 6.10 Å². The molecule has 178 valence electrons. The smallest absolute Gasteiger partial charge is 0.223 e. The summed E-state index contributed by atoms with van der Waals surface area (Å²) in [7, 11) is 0. The maximum Gasteiger partial charge on any atom is 0.223 e. The Morgan fingerprint density at radius 3 is 2.47 bits per heavy atom.